The standard InChI is InChI=1S/C16H15NO2/c1-19-15-10-13-14(17-15)8-7-12(16(13)18)9-11-5-3-2-4-6-11/h2-8,10,17-18H,9H2,1H3. The normalized spacial score (nSPS) is 10.8. The van der Waals surface area contributed by atoms with E-state index in [4.69, 9.17) is 4.74 Å². The second-order valence-corrected chi connectivity index (χ2v) is 4.53. The number of hydrogen-bond donors (Lipinski definition) is 2. The van der Waals surface area contributed by atoms with Crippen LogP contribution in [0.3, 0.4) is 0 Å². The minimum absolute atomic E-state index is 0.320. The Labute approximate surface area is 111 Å². The molecule has 1 heterocycles. The zero-order valence-electron chi connectivity index (χ0n) is 10.7. The van der Waals surface area contributed by atoms with Gasteiger partial charge in [0.05, 0.1) is 12.6 Å². The van der Waals surface area contributed by atoms with Crippen LogP contribution >= 0.6 is 0 Å². The first kappa shape index (κ1) is 11.7. The molecule has 2 N–H and O–H groups in total. The molecular weight excluding hydrogens is 238 g/mol. The van der Waals surface area contributed by atoms with Crippen LogP contribution in [0.4, 0.5) is 0 Å². The average Bonchev–Trinajstić information content (AvgIpc) is 2.87. The summed E-state index contributed by atoms with van der Waals surface area (Å²) in [6.07, 6.45) is 0.718. The van der Waals surface area contributed by atoms with Crippen molar-refractivity contribution in [3.8, 4) is 11.6 Å². The van der Waals surface area contributed by atoms with Gasteiger partial charge in [0.1, 0.15) is 5.75 Å². The lowest BCUT2D eigenvalue weighted by atomic mass is 10.0. The Morgan fingerprint density at radius 3 is 2.63 bits per heavy atom. The molecule has 3 nitrogen and oxygen atoms in total. The molecule has 0 unspecified atom stereocenters. The number of nitrogens with one attached hydrogen (secondary N) is 1. The number of fused-ring (bicyclic) bond motifs is 1. The number of hydrogen-bond acceptors (Lipinski definition) is 2. The molecule has 3 heteroatoms. The summed E-state index contributed by atoms with van der Waals surface area (Å²) in [4.78, 5) is 3.09. The molecule has 0 amide bonds. The number of phenolic OH excluding ortho intramolecular Hbond substituents is 1. The van der Waals surface area contributed by atoms with Crippen molar-refractivity contribution in [2.45, 2.75) is 6.42 Å². The van der Waals surface area contributed by atoms with Gasteiger partial charge in [0.2, 0.25) is 0 Å². The molecular formula is C16H15NO2. The summed E-state index contributed by atoms with van der Waals surface area (Å²) in [5.41, 5.74) is 2.98. The molecule has 19 heavy (non-hydrogen) atoms. The zero-order valence-corrected chi connectivity index (χ0v) is 10.7. The van der Waals surface area contributed by atoms with Gasteiger partial charge in [-0.25, -0.2) is 0 Å². The van der Waals surface area contributed by atoms with E-state index in [1.54, 1.807) is 7.11 Å². The van der Waals surface area contributed by atoms with Crippen LogP contribution in [-0.4, -0.2) is 17.2 Å². The lowest BCUT2D eigenvalue weighted by Crippen LogP contribution is -1.88. The Bertz CT molecular complexity index is 701. The number of rotatable bonds is 3. The van der Waals surface area contributed by atoms with Gasteiger partial charge < -0.3 is 14.8 Å². The molecule has 0 saturated heterocycles. The maximum atomic E-state index is 10.3. The Morgan fingerprint density at radius 1 is 1.11 bits per heavy atom. The summed E-state index contributed by atoms with van der Waals surface area (Å²) in [7, 11) is 1.60. The van der Waals surface area contributed by atoms with Crippen LogP contribution in [0.15, 0.2) is 48.5 Å². The predicted molar refractivity (Wildman–Crippen MR) is 75.8 cm³/mol. The van der Waals surface area contributed by atoms with Crippen LogP contribution in [0.25, 0.3) is 10.9 Å². The second-order valence-electron chi connectivity index (χ2n) is 4.53. The minimum atomic E-state index is 0.320. The van der Waals surface area contributed by atoms with Gasteiger partial charge in [0, 0.05) is 17.9 Å². The monoisotopic (exact) mass is 253 g/mol. The molecule has 0 bridgehead atoms. The quantitative estimate of drug-likeness (QED) is 0.750. The molecule has 0 aliphatic carbocycles. The van der Waals surface area contributed by atoms with Crippen molar-refractivity contribution < 1.29 is 9.84 Å². The largest absolute Gasteiger partial charge is 0.507 e. The number of H-pyrrole nitrogens is 1. The van der Waals surface area contributed by atoms with Crippen LogP contribution in [0.1, 0.15) is 11.1 Å². The predicted octanol–water partition coefficient (Wildman–Crippen LogP) is 3.47. The van der Waals surface area contributed by atoms with Crippen molar-refractivity contribution >= 4 is 10.9 Å². The fourth-order valence-electron chi connectivity index (χ4n) is 2.28. The van der Waals surface area contributed by atoms with Crippen LogP contribution in [0, 0.1) is 0 Å². The van der Waals surface area contributed by atoms with E-state index in [9.17, 15) is 5.11 Å². The first-order valence-electron chi connectivity index (χ1n) is 6.19. The Morgan fingerprint density at radius 2 is 1.89 bits per heavy atom. The van der Waals surface area contributed by atoms with Crippen LogP contribution in [-0.2, 0) is 6.42 Å². The van der Waals surface area contributed by atoms with Gasteiger partial charge in [0.15, 0.2) is 5.88 Å². The molecule has 0 radical (unpaired) electrons. The molecule has 1 aromatic heterocycles. The molecule has 0 atom stereocenters. The van der Waals surface area contributed by atoms with Crippen molar-refractivity contribution in [2.24, 2.45) is 0 Å². The first-order valence-corrected chi connectivity index (χ1v) is 6.19. The topological polar surface area (TPSA) is 45.2 Å². The van der Waals surface area contributed by atoms with E-state index in [1.807, 2.05) is 36.4 Å². The number of ether oxygens (including phenoxy) is 1. The van der Waals surface area contributed by atoms with Gasteiger partial charge >= 0.3 is 0 Å². The van der Waals surface area contributed by atoms with Crippen molar-refractivity contribution in [3.05, 3.63) is 59.7 Å². The first-order chi connectivity index (χ1) is 9.28. The summed E-state index contributed by atoms with van der Waals surface area (Å²) in [6.45, 7) is 0. The summed E-state index contributed by atoms with van der Waals surface area (Å²) in [6, 6.07) is 15.8. The molecule has 96 valence electrons. The van der Waals surface area contributed by atoms with Crippen molar-refractivity contribution in [3.63, 3.8) is 0 Å². The fraction of sp³-hybridized carbons (Fsp3) is 0.125. The maximum Gasteiger partial charge on any atom is 0.191 e. The van der Waals surface area contributed by atoms with Crippen LogP contribution < -0.4 is 4.74 Å². The summed E-state index contributed by atoms with van der Waals surface area (Å²) in [5.74, 6) is 0.975. The molecule has 2 aromatic carbocycles. The highest BCUT2D eigenvalue weighted by atomic mass is 16.5. The Kier molecular flexibility index (Phi) is 2.88. The molecule has 0 spiro atoms. The van der Waals surface area contributed by atoms with E-state index in [2.05, 4.69) is 17.1 Å². The average molecular weight is 253 g/mol. The highest BCUT2D eigenvalue weighted by Crippen LogP contribution is 2.32. The van der Waals surface area contributed by atoms with Gasteiger partial charge in [-0.05, 0) is 17.2 Å². The molecule has 3 aromatic rings. The van der Waals surface area contributed by atoms with Gasteiger partial charge in [-0.3, -0.25) is 0 Å². The van der Waals surface area contributed by atoms with E-state index in [1.165, 1.54) is 5.56 Å². The zero-order chi connectivity index (χ0) is 13.2. The summed E-state index contributed by atoms with van der Waals surface area (Å²) in [5, 5.41) is 11.1. The Hall–Kier alpha value is -2.42. The van der Waals surface area contributed by atoms with Crippen molar-refractivity contribution in [2.75, 3.05) is 7.11 Å². The number of benzene rings is 2. The summed E-state index contributed by atoms with van der Waals surface area (Å²) < 4.78 is 5.15. The number of methoxy groups -OCH3 is 1. The maximum absolute atomic E-state index is 10.3. The molecule has 0 aliphatic heterocycles. The van der Waals surface area contributed by atoms with E-state index < -0.39 is 0 Å². The third kappa shape index (κ3) is 2.15. The summed E-state index contributed by atoms with van der Waals surface area (Å²) >= 11 is 0. The highest BCUT2D eigenvalue weighted by molar-refractivity contribution is 5.88. The van der Waals surface area contributed by atoms with Gasteiger partial charge in [-0.2, -0.15) is 0 Å². The lowest BCUT2D eigenvalue weighted by molar-refractivity contribution is 0.401. The number of aromatic amines is 1. The van der Waals surface area contributed by atoms with E-state index >= 15 is 0 Å². The number of aromatic hydroxyl groups is 1. The Balaban J connectivity index is 2.02. The molecule has 0 aliphatic rings. The van der Waals surface area contributed by atoms with Crippen molar-refractivity contribution in [1.29, 1.82) is 0 Å². The smallest absolute Gasteiger partial charge is 0.191 e. The van der Waals surface area contributed by atoms with Crippen LogP contribution in [0.5, 0.6) is 11.6 Å². The highest BCUT2D eigenvalue weighted by Gasteiger charge is 2.10. The number of phenols is 1. The van der Waals surface area contributed by atoms with Gasteiger partial charge in [-0.1, -0.05) is 36.4 Å². The fourth-order valence-corrected chi connectivity index (χ4v) is 2.28. The third-order valence-corrected chi connectivity index (χ3v) is 3.29. The van der Waals surface area contributed by atoms with E-state index in [0.29, 0.717) is 11.6 Å². The van der Waals surface area contributed by atoms with Crippen molar-refractivity contribution in [1.82, 2.24) is 4.98 Å². The number of aromatic nitrogens is 1. The van der Waals surface area contributed by atoms with E-state index in [0.717, 1.165) is 22.9 Å². The molecule has 3 rings (SSSR count). The molecule has 0 saturated carbocycles. The minimum Gasteiger partial charge on any atom is -0.507 e. The third-order valence-electron chi connectivity index (χ3n) is 3.29. The molecule has 0 fully saturated rings. The van der Waals surface area contributed by atoms with Crippen LogP contribution in [0.2, 0.25) is 0 Å². The second kappa shape index (κ2) is 4.69. The van der Waals surface area contributed by atoms with E-state index in [-0.39, 0.29) is 0 Å². The van der Waals surface area contributed by atoms with Gasteiger partial charge in [0.25, 0.3) is 0 Å². The van der Waals surface area contributed by atoms with Gasteiger partial charge in [-0.15, -0.1) is 0 Å². The lowest BCUT2D eigenvalue weighted by Gasteiger charge is -2.05. The SMILES string of the molecule is COc1cc2c(O)c(Cc3ccccc3)ccc2[nH]1.